The van der Waals surface area contributed by atoms with E-state index in [2.05, 4.69) is 9.97 Å². The first-order chi connectivity index (χ1) is 14.0. The van der Waals surface area contributed by atoms with Gasteiger partial charge in [0, 0.05) is 44.5 Å². The summed E-state index contributed by atoms with van der Waals surface area (Å²) in [5, 5.41) is 18.5. The van der Waals surface area contributed by atoms with Crippen LogP contribution in [0.15, 0.2) is 12.4 Å². The van der Waals surface area contributed by atoms with E-state index in [1.807, 2.05) is 39.6 Å². The van der Waals surface area contributed by atoms with Crippen LogP contribution >= 0.6 is 0 Å². The third-order valence-electron chi connectivity index (χ3n) is 6.44. The molecule has 2 aliphatic rings. The summed E-state index contributed by atoms with van der Waals surface area (Å²) in [6.07, 6.45) is 3.84. The number of aliphatic hydroxyl groups excluding tert-OH is 2. The zero-order chi connectivity index (χ0) is 22.1. The van der Waals surface area contributed by atoms with E-state index in [1.165, 1.54) is 0 Å². The number of aliphatic hydroxyl groups is 2. The van der Waals surface area contributed by atoms with Crippen LogP contribution in [0, 0.1) is 5.92 Å². The lowest BCUT2D eigenvalue weighted by atomic mass is 9.81. The molecule has 10 heteroatoms. The van der Waals surface area contributed by atoms with Crippen molar-refractivity contribution in [3.05, 3.63) is 12.4 Å². The smallest absolute Gasteiger partial charge is 0.399 e. The Hall–Kier alpha value is -1.75. The SMILES string of the molecule is CN(CC1CCN(C(=O)[C@@H](O)CO)CC1)c1ncc(B2OC(C)(C)C(C)(C)O2)cn1. The number of piperidine rings is 1. The molecule has 0 spiro atoms. The fourth-order valence-electron chi connectivity index (χ4n) is 3.72. The van der Waals surface area contributed by atoms with Crippen molar-refractivity contribution in [3.63, 3.8) is 0 Å². The van der Waals surface area contributed by atoms with Gasteiger partial charge >= 0.3 is 7.12 Å². The van der Waals surface area contributed by atoms with Gasteiger partial charge in [-0.25, -0.2) is 9.97 Å². The van der Waals surface area contributed by atoms with Gasteiger partial charge in [-0.2, -0.15) is 0 Å². The first-order valence-electron chi connectivity index (χ1n) is 10.5. The summed E-state index contributed by atoms with van der Waals surface area (Å²) in [6, 6.07) is 0. The summed E-state index contributed by atoms with van der Waals surface area (Å²) in [5.74, 6) is 0.632. The van der Waals surface area contributed by atoms with Crippen molar-refractivity contribution in [2.24, 2.45) is 5.92 Å². The maximum atomic E-state index is 12.0. The van der Waals surface area contributed by atoms with Crippen molar-refractivity contribution >= 4 is 24.4 Å². The molecule has 2 aliphatic heterocycles. The molecule has 1 amide bonds. The number of amides is 1. The standard InChI is InChI=1S/C20H33BN4O5/c1-19(2)20(3,4)30-21(29-19)15-10-22-18(23-11-15)24(5)12-14-6-8-25(9-7-14)17(28)16(27)13-26/h10-11,14,16,26-27H,6-9,12-13H2,1-5H3/t16-/m0/s1. The summed E-state index contributed by atoms with van der Waals surface area (Å²) in [5.41, 5.74) is -0.0206. The first kappa shape index (κ1) is 22.9. The van der Waals surface area contributed by atoms with Crippen molar-refractivity contribution < 1.29 is 24.3 Å². The minimum atomic E-state index is -1.32. The van der Waals surface area contributed by atoms with Crippen LogP contribution in [0.1, 0.15) is 40.5 Å². The molecular formula is C20H33BN4O5. The number of rotatable bonds is 6. The average Bonchev–Trinajstić information content (AvgIpc) is 2.94. The van der Waals surface area contributed by atoms with Gasteiger partial charge in [0.15, 0.2) is 6.10 Å². The Kier molecular flexibility index (Phi) is 6.71. The largest absolute Gasteiger partial charge is 0.498 e. The van der Waals surface area contributed by atoms with Crippen LogP contribution in [-0.2, 0) is 14.1 Å². The van der Waals surface area contributed by atoms with Gasteiger partial charge in [0.05, 0.1) is 17.8 Å². The molecular weight excluding hydrogens is 387 g/mol. The lowest BCUT2D eigenvalue weighted by Crippen LogP contribution is -2.46. The number of aromatic nitrogens is 2. The third kappa shape index (κ3) is 4.77. The second-order valence-corrected chi connectivity index (χ2v) is 9.25. The number of carbonyl (C=O) groups is 1. The van der Waals surface area contributed by atoms with Gasteiger partial charge in [-0.05, 0) is 46.5 Å². The van der Waals surface area contributed by atoms with E-state index in [4.69, 9.17) is 14.4 Å². The van der Waals surface area contributed by atoms with Gasteiger partial charge in [0.1, 0.15) is 0 Å². The molecule has 3 heterocycles. The van der Waals surface area contributed by atoms with Crippen molar-refractivity contribution in [2.75, 3.05) is 38.2 Å². The topological polar surface area (TPSA) is 108 Å². The molecule has 2 N–H and O–H groups in total. The molecule has 0 unspecified atom stereocenters. The number of nitrogens with zero attached hydrogens (tertiary/aromatic N) is 4. The second-order valence-electron chi connectivity index (χ2n) is 9.25. The Morgan fingerprint density at radius 2 is 1.77 bits per heavy atom. The predicted octanol–water partition coefficient (Wildman–Crippen LogP) is -0.196. The molecule has 1 aromatic heterocycles. The van der Waals surface area contributed by atoms with E-state index in [1.54, 1.807) is 17.3 Å². The molecule has 2 fully saturated rings. The first-order valence-corrected chi connectivity index (χ1v) is 10.5. The Labute approximate surface area is 178 Å². The van der Waals surface area contributed by atoms with Crippen LogP contribution in [0.5, 0.6) is 0 Å². The fraction of sp³-hybridized carbons (Fsp3) is 0.750. The molecule has 0 aromatic carbocycles. The molecule has 9 nitrogen and oxygen atoms in total. The number of carbonyl (C=O) groups excluding carboxylic acids is 1. The Morgan fingerprint density at radius 3 is 2.27 bits per heavy atom. The van der Waals surface area contributed by atoms with Crippen LogP contribution in [0.25, 0.3) is 0 Å². The molecule has 1 aromatic rings. The van der Waals surface area contributed by atoms with Gasteiger partial charge in [0.2, 0.25) is 5.95 Å². The Bertz CT molecular complexity index is 721. The lowest BCUT2D eigenvalue weighted by Gasteiger charge is -2.34. The van der Waals surface area contributed by atoms with E-state index >= 15 is 0 Å². The van der Waals surface area contributed by atoms with Gasteiger partial charge in [-0.1, -0.05) is 0 Å². The maximum Gasteiger partial charge on any atom is 0.498 e. The Morgan fingerprint density at radius 1 is 1.23 bits per heavy atom. The van der Waals surface area contributed by atoms with Gasteiger partial charge < -0.3 is 29.3 Å². The molecule has 30 heavy (non-hydrogen) atoms. The minimum Gasteiger partial charge on any atom is -0.399 e. The highest BCUT2D eigenvalue weighted by Gasteiger charge is 2.52. The zero-order valence-electron chi connectivity index (χ0n) is 18.5. The van der Waals surface area contributed by atoms with Crippen LogP contribution < -0.4 is 10.4 Å². The maximum absolute atomic E-state index is 12.0. The number of hydrogen-bond acceptors (Lipinski definition) is 8. The van der Waals surface area contributed by atoms with E-state index in [9.17, 15) is 9.90 Å². The fourth-order valence-corrected chi connectivity index (χ4v) is 3.72. The number of anilines is 1. The van der Waals surface area contributed by atoms with Gasteiger partial charge in [0.25, 0.3) is 5.91 Å². The van der Waals surface area contributed by atoms with E-state index in [0.717, 1.165) is 24.8 Å². The normalized spacial score (nSPS) is 22.2. The van der Waals surface area contributed by atoms with Crippen LogP contribution in [0.4, 0.5) is 5.95 Å². The van der Waals surface area contributed by atoms with Crippen molar-refractivity contribution in [1.29, 1.82) is 0 Å². The number of hydrogen-bond donors (Lipinski definition) is 2. The molecule has 166 valence electrons. The highest BCUT2D eigenvalue weighted by molar-refractivity contribution is 6.61. The monoisotopic (exact) mass is 420 g/mol. The molecule has 0 radical (unpaired) electrons. The molecule has 2 saturated heterocycles. The summed E-state index contributed by atoms with van der Waals surface area (Å²) < 4.78 is 12.1. The zero-order valence-corrected chi connectivity index (χ0v) is 18.5. The molecule has 1 atom stereocenters. The van der Waals surface area contributed by atoms with Crippen LogP contribution in [0.3, 0.4) is 0 Å². The molecule has 0 bridgehead atoms. The molecule has 0 saturated carbocycles. The van der Waals surface area contributed by atoms with Gasteiger partial charge in [-0.15, -0.1) is 0 Å². The van der Waals surface area contributed by atoms with Gasteiger partial charge in [-0.3, -0.25) is 4.79 Å². The van der Waals surface area contributed by atoms with Crippen LogP contribution in [-0.4, -0.2) is 88.7 Å². The predicted molar refractivity (Wildman–Crippen MR) is 113 cm³/mol. The van der Waals surface area contributed by atoms with E-state index in [-0.39, 0.29) is 0 Å². The van der Waals surface area contributed by atoms with Crippen molar-refractivity contribution in [2.45, 2.75) is 57.8 Å². The molecule has 3 rings (SSSR count). The average molecular weight is 420 g/mol. The third-order valence-corrected chi connectivity index (χ3v) is 6.44. The highest BCUT2D eigenvalue weighted by Crippen LogP contribution is 2.36. The Balaban J connectivity index is 1.52. The van der Waals surface area contributed by atoms with E-state index in [0.29, 0.717) is 25.0 Å². The summed E-state index contributed by atoms with van der Waals surface area (Å²) in [7, 11) is 1.47. The summed E-state index contributed by atoms with van der Waals surface area (Å²) >= 11 is 0. The quantitative estimate of drug-likeness (QED) is 0.610. The summed E-state index contributed by atoms with van der Waals surface area (Å²) in [6.45, 7) is 9.45. The van der Waals surface area contributed by atoms with Crippen LogP contribution in [0.2, 0.25) is 0 Å². The minimum absolute atomic E-state index is 0.397. The van der Waals surface area contributed by atoms with Crippen molar-refractivity contribution in [3.8, 4) is 0 Å². The molecule has 0 aliphatic carbocycles. The lowest BCUT2D eigenvalue weighted by molar-refractivity contribution is -0.143. The second kappa shape index (κ2) is 8.78. The number of likely N-dealkylation sites (tertiary alicyclic amines) is 1. The summed E-state index contributed by atoms with van der Waals surface area (Å²) in [4.78, 5) is 24.6. The highest BCUT2D eigenvalue weighted by atomic mass is 16.7. The van der Waals surface area contributed by atoms with Crippen molar-refractivity contribution in [1.82, 2.24) is 14.9 Å². The van der Waals surface area contributed by atoms with E-state index < -0.39 is 36.9 Å².